The van der Waals surface area contributed by atoms with Crippen LogP contribution < -0.4 is 21.3 Å². The van der Waals surface area contributed by atoms with Gasteiger partial charge in [-0.3, -0.25) is 19.2 Å². The van der Waals surface area contributed by atoms with Crippen LogP contribution in [-0.2, 0) is 29.0 Å². The van der Waals surface area contributed by atoms with E-state index in [1.54, 1.807) is 25.7 Å². The number of nitrogens with zero attached hydrogens (tertiary/aromatic N) is 1. The minimum absolute atomic E-state index is 0.0727. The number of likely N-dealkylation sites (tertiary alicyclic amines) is 1. The van der Waals surface area contributed by atoms with Crippen LogP contribution in [0.5, 0.6) is 0 Å². The number of piperidine rings is 1. The summed E-state index contributed by atoms with van der Waals surface area (Å²) in [4.78, 5) is 70.7. The molecule has 0 radical (unpaired) electrons. The molecule has 53 heavy (non-hydrogen) atoms. The van der Waals surface area contributed by atoms with Crippen molar-refractivity contribution in [2.45, 2.75) is 160 Å². The van der Waals surface area contributed by atoms with Gasteiger partial charge in [0.1, 0.15) is 12.1 Å². The third-order valence-corrected chi connectivity index (χ3v) is 16.0. The van der Waals surface area contributed by atoms with Crippen molar-refractivity contribution in [3.8, 4) is 0 Å². The predicted molar refractivity (Wildman–Crippen MR) is 204 cm³/mol. The van der Waals surface area contributed by atoms with Gasteiger partial charge in [0, 0.05) is 13.1 Å². The van der Waals surface area contributed by atoms with Gasteiger partial charge in [-0.15, -0.1) is 6.58 Å². The highest BCUT2D eigenvalue weighted by atomic mass is 32.2. The predicted octanol–water partition coefficient (Wildman–Crippen LogP) is 4.57. The van der Waals surface area contributed by atoms with Crippen LogP contribution in [0.1, 0.15) is 131 Å². The number of fused-ring (bicyclic) bond motifs is 1. The van der Waals surface area contributed by atoms with Crippen molar-refractivity contribution in [1.29, 1.82) is 0 Å². The number of hydrogen-bond donors (Lipinski definition) is 4. The molecule has 5 rings (SSSR count). The van der Waals surface area contributed by atoms with E-state index < -0.39 is 61.9 Å². The van der Waals surface area contributed by atoms with Gasteiger partial charge in [-0.2, -0.15) is 0 Å². The van der Waals surface area contributed by atoms with E-state index in [1.807, 2.05) is 0 Å². The Kier molecular flexibility index (Phi) is 12.2. The number of urea groups is 1. The van der Waals surface area contributed by atoms with Crippen molar-refractivity contribution in [2.24, 2.45) is 28.6 Å². The minimum Gasteiger partial charge on any atom is -0.346 e. The van der Waals surface area contributed by atoms with Crippen LogP contribution in [0, 0.1) is 28.6 Å². The second-order valence-corrected chi connectivity index (χ2v) is 21.7. The van der Waals surface area contributed by atoms with Crippen LogP contribution >= 0.6 is 0 Å². The molecule has 0 bridgehead atoms. The molecule has 298 valence electrons. The minimum atomic E-state index is -3.57. The Morgan fingerprint density at radius 3 is 2.06 bits per heavy atom. The van der Waals surface area contributed by atoms with E-state index >= 15 is 0 Å². The summed E-state index contributed by atoms with van der Waals surface area (Å²) in [5.74, 6) is -2.27. The quantitative estimate of drug-likeness (QED) is 0.140. The van der Waals surface area contributed by atoms with Crippen LogP contribution in [0.2, 0.25) is 0 Å². The van der Waals surface area contributed by atoms with Gasteiger partial charge in [0.2, 0.25) is 17.6 Å². The zero-order valence-electron chi connectivity index (χ0n) is 33.0. The van der Waals surface area contributed by atoms with E-state index in [0.29, 0.717) is 32.2 Å². The lowest BCUT2D eigenvalue weighted by molar-refractivity contribution is -0.144. The van der Waals surface area contributed by atoms with Gasteiger partial charge in [-0.1, -0.05) is 78.2 Å². The summed E-state index contributed by atoms with van der Waals surface area (Å²) in [7, 11) is -3.57. The molecule has 5 fully saturated rings. The largest absolute Gasteiger partial charge is 0.346 e. The summed E-state index contributed by atoms with van der Waals surface area (Å²) in [5.41, 5.74) is -1.35. The van der Waals surface area contributed by atoms with Crippen LogP contribution in [0.15, 0.2) is 12.7 Å². The molecule has 5 atom stereocenters. The Balaban J connectivity index is 1.39. The number of ketones is 1. The van der Waals surface area contributed by atoms with Crippen molar-refractivity contribution in [3.63, 3.8) is 0 Å². The molecule has 1 heterocycles. The fourth-order valence-corrected chi connectivity index (χ4v) is 11.0. The third-order valence-electron chi connectivity index (χ3n) is 13.2. The van der Waals surface area contributed by atoms with Crippen molar-refractivity contribution < 1.29 is 32.4 Å². The van der Waals surface area contributed by atoms with Gasteiger partial charge in [0.25, 0.3) is 5.91 Å². The lowest BCUT2D eigenvalue weighted by atomic mass is 9.71. The first-order chi connectivity index (χ1) is 24.7. The Hall–Kier alpha value is -2.96. The summed E-state index contributed by atoms with van der Waals surface area (Å²) in [6.07, 6.45) is 12.7. The normalized spacial score (nSPS) is 27.0. The number of sulfone groups is 1. The van der Waals surface area contributed by atoms with E-state index in [0.717, 1.165) is 64.2 Å². The fraction of sp³-hybridized carbons (Fsp3) is 0.825. The van der Waals surface area contributed by atoms with E-state index in [9.17, 15) is 32.4 Å². The van der Waals surface area contributed by atoms with E-state index in [4.69, 9.17) is 0 Å². The molecule has 4 aliphatic carbocycles. The number of amides is 5. The lowest BCUT2D eigenvalue weighted by Gasteiger charge is -2.41. The topological polar surface area (TPSA) is 171 Å². The number of rotatable bonds is 15. The zero-order chi connectivity index (χ0) is 39.0. The second-order valence-electron chi connectivity index (χ2n) is 18.9. The number of carbonyl (C=O) groups is 5. The molecule has 0 aromatic carbocycles. The maximum atomic E-state index is 14.8. The molecule has 4 unspecified atom stereocenters. The molecule has 4 N–H and O–H groups in total. The maximum Gasteiger partial charge on any atom is 0.315 e. The molecule has 0 spiro atoms. The highest BCUT2D eigenvalue weighted by Gasteiger charge is 2.69. The Bertz CT molecular complexity index is 1540. The third kappa shape index (κ3) is 9.47. The zero-order valence-corrected chi connectivity index (χ0v) is 33.8. The van der Waals surface area contributed by atoms with E-state index in [2.05, 4.69) is 48.6 Å². The maximum absolute atomic E-state index is 14.8. The highest BCUT2D eigenvalue weighted by Crippen LogP contribution is 2.65. The molecule has 5 aliphatic rings. The molecule has 0 aromatic rings. The number of nitrogens with one attached hydrogen (secondary N) is 4. The van der Waals surface area contributed by atoms with Gasteiger partial charge in [-0.05, 0) is 87.9 Å². The van der Waals surface area contributed by atoms with E-state index in [-0.39, 0.29) is 46.8 Å². The van der Waals surface area contributed by atoms with Crippen LogP contribution in [-0.4, -0.2) is 90.1 Å². The average Bonchev–Trinajstić information content (AvgIpc) is 3.93. The monoisotopic (exact) mass is 759 g/mol. The second kappa shape index (κ2) is 15.6. The van der Waals surface area contributed by atoms with Crippen molar-refractivity contribution in [2.75, 3.05) is 18.8 Å². The van der Waals surface area contributed by atoms with Crippen molar-refractivity contribution in [1.82, 2.24) is 26.2 Å². The molecule has 12 nitrogen and oxygen atoms in total. The van der Waals surface area contributed by atoms with Gasteiger partial charge in [0.15, 0.2) is 9.84 Å². The van der Waals surface area contributed by atoms with E-state index in [1.165, 1.54) is 6.08 Å². The smallest absolute Gasteiger partial charge is 0.315 e. The molecule has 13 heteroatoms. The van der Waals surface area contributed by atoms with Crippen LogP contribution in [0.3, 0.4) is 0 Å². The first-order valence-electron chi connectivity index (χ1n) is 20.1. The number of hydrogen-bond acceptors (Lipinski definition) is 7. The summed E-state index contributed by atoms with van der Waals surface area (Å²) in [5, 5.41) is 11.5. The first-order valence-corrected chi connectivity index (χ1v) is 21.7. The van der Waals surface area contributed by atoms with Gasteiger partial charge < -0.3 is 26.2 Å². The first kappa shape index (κ1) is 41.2. The Morgan fingerprint density at radius 1 is 0.887 bits per heavy atom. The molecule has 1 aliphatic heterocycles. The molecule has 1 saturated heterocycles. The molecule has 4 saturated carbocycles. The fourth-order valence-electron chi connectivity index (χ4n) is 9.45. The van der Waals surface area contributed by atoms with Gasteiger partial charge in [-0.25, -0.2) is 13.2 Å². The summed E-state index contributed by atoms with van der Waals surface area (Å²) in [6, 6.07) is -3.38. The molecular weight excluding hydrogens is 695 g/mol. The van der Waals surface area contributed by atoms with Crippen LogP contribution in [0.4, 0.5) is 4.79 Å². The van der Waals surface area contributed by atoms with Gasteiger partial charge in [0.05, 0.1) is 22.1 Å². The highest BCUT2D eigenvalue weighted by molar-refractivity contribution is 7.92. The molecular formula is C40H65N5O7S. The average molecular weight is 760 g/mol. The Labute approximate surface area is 317 Å². The molecule has 0 aromatic heterocycles. The van der Waals surface area contributed by atoms with Gasteiger partial charge >= 0.3 is 6.03 Å². The summed E-state index contributed by atoms with van der Waals surface area (Å²) < 4.78 is 25.9. The number of carbonyl (C=O) groups excluding carboxylic acids is 5. The van der Waals surface area contributed by atoms with Crippen molar-refractivity contribution in [3.05, 3.63) is 12.7 Å². The Morgan fingerprint density at radius 2 is 1.49 bits per heavy atom. The standard InChI is InChI=1S/C40H65N5O7S/c1-8-21-41-34(48)32(46)28(22-26-15-16-26)42-33(47)31-30-27(38(30,5)6)24-45(31)35(49)29(23-39(7)17-11-9-12-18-39)43-36(50)44-40(19-13-10-14-20-40)25-53(51,52)37(2,3)4/h8,26-31H,1,9-25H2,2-7H3,(H,41,48)(H,42,47)(H2,43,44,50)/t27?,28?,29?,30?,31-/m0/s1. The summed E-state index contributed by atoms with van der Waals surface area (Å²) >= 11 is 0. The lowest BCUT2D eigenvalue weighted by Crippen LogP contribution is -2.62. The molecule has 5 amide bonds. The van der Waals surface area contributed by atoms with Crippen LogP contribution in [0.25, 0.3) is 0 Å². The van der Waals surface area contributed by atoms with Crippen molar-refractivity contribution >= 4 is 39.4 Å². The SMILES string of the molecule is C=CCNC(=O)C(=O)C(CC1CC1)NC(=O)[C@@H]1C2C(CN1C(=O)C(CC1(C)CCCCC1)NC(=O)NC1(CS(=O)(=O)C(C)(C)C)CCCCC1)C2(C)C. The summed E-state index contributed by atoms with van der Waals surface area (Å²) in [6.45, 7) is 15.4. The number of Topliss-reactive ketones (excluding diaryl/α,β-unsaturated/α-hetero) is 1.